The van der Waals surface area contributed by atoms with Gasteiger partial charge in [0, 0.05) is 15.7 Å². The molecule has 0 aromatic heterocycles. The molecule has 1 heterocycles. The summed E-state index contributed by atoms with van der Waals surface area (Å²) in [5.41, 5.74) is 1.66. The van der Waals surface area contributed by atoms with Gasteiger partial charge in [-0.2, -0.15) is 0 Å². The van der Waals surface area contributed by atoms with E-state index in [1.54, 1.807) is 36.4 Å². The van der Waals surface area contributed by atoms with Crippen LogP contribution in [0.25, 0.3) is 0 Å². The number of halogens is 1. The van der Waals surface area contributed by atoms with Crippen molar-refractivity contribution in [2.24, 2.45) is 11.8 Å². The minimum Gasteiger partial charge on any atom is -0.322 e. The van der Waals surface area contributed by atoms with Crippen LogP contribution in [0.4, 0.5) is 11.4 Å². The van der Waals surface area contributed by atoms with Crippen molar-refractivity contribution in [2.45, 2.75) is 12.8 Å². The van der Waals surface area contributed by atoms with Gasteiger partial charge in [0.05, 0.1) is 17.5 Å². The lowest BCUT2D eigenvalue weighted by Crippen LogP contribution is -2.30. The smallest absolute Gasteiger partial charge is 0.255 e. The summed E-state index contributed by atoms with van der Waals surface area (Å²) in [7, 11) is 0. The Morgan fingerprint density at radius 3 is 2.00 bits per heavy atom. The summed E-state index contributed by atoms with van der Waals surface area (Å²) in [6, 6.07) is 13.8. The maximum atomic E-state index is 12.6. The van der Waals surface area contributed by atoms with Gasteiger partial charge < -0.3 is 5.32 Å². The maximum absolute atomic E-state index is 12.6. The molecule has 1 fully saturated rings. The summed E-state index contributed by atoms with van der Waals surface area (Å²) in [6.45, 7) is 0. The lowest BCUT2D eigenvalue weighted by atomic mass is 9.85. The molecular formula is C21H17BrN2O3. The lowest BCUT2D eigenvalue weighted by Gasteiger charge is -2.15. The molecular weight excluding hydrogens is 408 g/mol. The van der Waals surface area contributed by atoms with Crippen LogP contribution in [0.5, 0.6) is 0 Å². The fourth-order valence-electron chi connectivity index (χ4n) is 3.55. The van der Waals surface area contributed by atoms with Gasteiger partial charge >= 0.3 is 0 Å². The molecule has 0 spiro atoms. The van der Waals surface area contributed by atoms with Gasteiger partial charge in [-0.15, -0.1) is 0 Å². The summed E-state index contributed by atoms with van der Waals surface area (Å²) < 4.78 is 0.931. The number of carbonyl (C=O) groups excluding carboxylic acids is 3. The van der Waals surface area contributed by atoms with Crippen molar-refractivity contribution in [1.29, 1.82) is 0 Å². The molecule has 1 saturated heterocycles. The molecule has 27 heavy (non-hydrogen) atoms. The Balaban J connectivity index is 1.50. The largest absolute Gasteiger partial charge is 0.322 e. The second-order valence-corrected chi connectivity index (χ2v) is 7.59. The third-order valence-corrected chi connectivity index (χ3v) is 5.53. The molecule has 2 aromatic rings. The third-order valence-electron chi connectivity index (χ3n) is 5.00. The van der Waals surface area contributed by atoms with Gasteiger partial charge in [0.1, 0.15) is 0 Å². The fraction of sp³-hybridized carbons (Fsp3) is 0.190. The van der Waals surface area contributed by atoms with Crippen molar-refractivity contribution in [3.63, 3.8) is 0 Å². The molecule has 1 aliphatic carbocycles. The van der Waals surface area contributed by atoms with Crippen molar-refractivity contribution in [1.82, 2.24) is 0 Å². The first kappa shape index (κ1) is 17.7. The molecule has 4 rings (SSSR count). The summed E-state index contributed by atoms with van der Waals surface area (Å²) >= 11 is 3.35. The molecule has 5 nitrogen and oxygen atoms in total. The number of allylic oxidation sites excluding steroid dienone is 2. The first-order valence-corrected chi connectivity index (χ1v) is 9.53. The summed E-state index contributed by atoms with van der Waals surface area (Å²) in [6.07, 6.45) is 5.15. The van der Waals surface area contributed by atoms with Crippen molar-refractivity contribution in [3.8, 4) is 0 Å². The highest BCUT2D eigenvalue weighted by molar-refractivity contribution is 9.10. The van der Waals surface area contributed by atoms with Gasteiger partial charge in [0.25, 0.3) is 5.91 Å². The zero-order valence-corrected chi connectivity index (χ0v) is 16.0. The van der Waals surface area contributed by atoms with E-state index in [2.05, 4.69) is 21.2 Å². The van der Waals surface area contributed by atoms with Crippen LogP contribution in [0.3, 0.4) is 0 Å². The number of rotatable bonds is 3. The highest BCUT2D eigenvalue weighted by Crippen LogP contribution is 2.37. The number of anilines is 2. The van der Waals surface area contributed by atoms with Crippen LogP contribution in [0.1, 0.15) is 23.2 Å². The van der Waals surface area contributed by atoms with Crippen LogP contribution >= 0.6 is 15.9 Å². The van der Waals surface area contributed by atoms with Gasteiger partial charge in [0.15, 0.2) is 0 Å². The second kappa shape index (κ2) is 7.12. The Hall–Kier alpha value is -2.73. The van der Waals surface area contributed by atoms with Crippen LogP contribution in [-0.4, -0.2) is 17.7 Å². The number of hydrogen-bond donors (Lipinski definition) is 1. The number of nitrogens with one attached hydrogen (secondary N) is 1. The highest BCUT2D eigenvalue weighted by atomic mass is 79.9. The molecule has 2 atom stereocenters. The zero-order chi connectivity index (χ0) is 19.0. The van der Waals surface area contributed by atoms with Crippen LogP contribution < -0.4 is 10.2 Å². The normalized spacial score (nSPS) is 21.3. The highest BCUT2D eigenvalue weighted by Gasteiger charge is 2.47. The Labute approximate surface area is 165 Å². The molecule has 0 bridgehead atoms. The van der Waals surface area contributed by atoms with E-state index in [0.717, 1.165) is 4.47 Å². The number of hydrogen-bond acceptors (Lipinski definition) is 3. The summed E-state index contributed by atoms with van der Waals surface area (Å²) in [5.74, 6) is -1.07. The predicted molar refractivity (Wildman–Crippen MR) is 106 cm³/mol. The van der Waals surface area contributed by atoms with Gasteiger partial charge in [0.2, 0.25) is 11.8 Å². The van der Waals surface area contributed by atoms with Crippen LogP contribution in [0, 0.1) is 11.8 Å². The predicted octanol–water partition coefficient (Wildman–Crippen LogP) is 4.16. The minimum atomic E-state index is -0.261. The summed E-state index contributed by atoms with van der Waals surface area (Å²) in [5, 5.41) is 2.82. The minimum absolute atomic E-state index is 0.151. The van der Waals surface area contributed by atoms with Crippen molar-refractivity contribution in [3.05, 3.63) is 70.7 Å². The number of benzene rings is 2. The number of amides is 3. The summed E-state index contributed by atoms with van der Waals surface area (Å²) in [4.78, 5) is 38.9. The third kappa shape index (κ3) is 3.32. The van der Waals surface area contributed by atoms with Crippen molar-refractivity contribution in [2.75, 3.05) is 10.2 Å². The lowest BCUT2D eigenvalue weighted by molar-refractivity contribution is -0.122. The molecule has 1 N–H and O–H groups in total. The van der Waals surface area contributed by atoms with E-state index >= 15 is 0 Å². The molecule has 136 valence electrons. The van der Waals surface area contributed by atoms with E-state index < -0.39 is 0 Å². The van der Waals surface area contributed by atoms with E-state index in [9.17, 15) is 14.4 Å². The van der Waals surface area contributed by atoms with Crippen LogP contribution in [-0.2, 0) is 9.59 Å². The molecule has 3 amide bonds. The molecule has 2 aromatic carbocycles. The standard InChI is InChI=1S/C21H17BrN2O3/c22-14-7-9-15(10-8-14)23-19(25)13-5-11-16(12-6-13)24-20(26)17-3-1-2-4-18(17)21(24)27/h1-2,5-12,17-18H,3-4H2,(H,23,25)/t17-,18-/m0/s1. The van der Waals surface area contributed by atoms with Crippen molar-refractivity contribution >= 4 is 45.0 Å². The Kier molecular flexibility index (Phi) is 4.66. The molecule has 0 saturated carbocycles. The molecule has 2 aliphatic rings. The first-order valence-electron chi connectivity index (χ1n) is 8.74. The number of imide groups is 1. The number of carbonyl (C=O) groups is 3. The van der Waals surface area contributed by atoms with E-state index in [4.69, 9.17) is 0 Å². The maximum Gasteiger partial charge on any atom is 0.255 e. The Morgan fingerprint density at radius 2 is 1.44 bits per heavy atom. The zero-order valence-electron chi connectivity index (χ0n) is 14.4. The quantitative estimate of drug-likeness (QED) is 0.594. The van der Waals surface area contributed by atoms with E-state index in [-0.39, 0.29) is 29.6 Å². The molecule has 0 unspecified atom stereocenters. The van der Waals surface area contributed by atoms with Gasteiger partial charge in [-0.1, -0.05) is 28.1 Å². The number of fused-ring (bicyclic) bond motifs is 1. The SMILES string of the molecule is O=C(Nc1ccc(Br)cc1)c1ccc(N2C(=O)[C@H]3CC=CC[C@@H]3C2=O)cc1. The Morgan fingerprint density at radius 1 is 0.889 bits per heavy atom. The molecule has 6 heteroatoms. The monoisotopic (exact) mass is 424 g/mol. The van der Waals surface area contributed by atoms with Gasteiger partial charge in [-0.3, -0.25) is 19.3 Å². The van der Waals surface area contributed by atoms with Crippen LogP contribution in [0.2, 0.25) is 0 Å². The van der Waals surface area contributed by atoms with Crippen molar-refractivity contribution < 1.29 is 14.4 Å². The molecule has 0 radical (unpaired) electrons. The average molecular weight is 425 g/mol. The van der Waals surface area contributed by atoms with E-state index in [1.807, 2.05) is 24.3 Å². The van der Waals surface area contributed by atoms with Crippen LogP contribution in [0.15, 0.2) is 65.2 Å². The van der Waals surface area contributed by atoms with E-state index in [0.29, 0.717) is 29.8 Å². The van der Waals surface area contributed by atoms with Gasteiger partial charge in [-0.05, 0) is 61.4 Å². The molecule has 1 aliphatic heterocycles. The topological polar surface area (TPSA) is 66.5 Å². The average Bonchev–Trinajstić information content (AvgIpc) is 2.95. The first-order chi connectivity index (χ1) is 13.0. The number of nitrogens with zero attached hydrogens (tertiary/aromatic N) is 1. The van der Waals surface area contributed by atoms with Gasteiger partial charge in [-0.25, -0.2) is 0 Å². The fourth-order valence-corrected chi connectivity index (χ4v) is 3.82. The van der Waals surface area contributed by atoms with E-state index in [1.165, 1.54) is 4.90 Å². The Bertz CT molecular complexity index is 909. The second-order valence-electron chi connectivity index (χ2n) is 6.68.